The monoisotopic (exact) mass is 386 g/mol. The quantitative estimate of drug-likeness (QED) is 0.576. The van der Waals surface area contributed by atoms with Crippen molar-refractivity contribution in [2.24, 2.45) is 0 Å². The maximum Gasteiger partial charge on any atom is 0.185 e. The van der Waals surface area contributed by atoms with Crippen LogP contribution in [0.5, 0.6) is 0 Å². The summed E-state index contributed by atoms with van der Waals surface area (Å²) in [6.07, 6.45) is 2.07. The Morgan fingerprint density at radius 3 is 2.33 bits per heavy atom. The molecule has 0 aromatic heterocycles. The van der Waals surface area contributed by atoms with E-state index >= 15 is 0 Å². The molecule has 0 bridgehead atoms. The molecule has 0 N–H and O–H groups in total. The van der Waals surface area contributed by atoms with E-state index in [9.17, 15) is 8.42 Å². The molecule has 2 aromatic rings. The molecule has 2 aromatic carbocycles. The van der Waals surface area contributed by atoms with Crippen LogP contribution in [-0.4, -0.2) is 22.1 Å². The van der Waals surface area contributed by atoms with Crippen molar-refractivity contribution >= 4 is 33.0 Å². The lowest BCUT2D eigenvalue weighted by molar-refractivity contribution is 0.192. The Bertz CT molecular complexity index is 758. The highest BCUT2D eigenvalue weighted by molar-refractivity contribution is 7.91. The molecule has 0 fully saturated rings. The van der Waals surface area contributed by atoms with Gasteiger partial charge >= 0.3 is 0 Å². The Hall–Kier alpha value is -1.07. The van der Waals surface area contributed by atoms with Crippen molar-refractivity contribution < 1.29 is 13.2 Å². The maximum absolute atomic E-state index is 13.1. The van der Waals surface area contributed by atoms with Gasteiger partial charge in [0.15, 0.2) is 9.84 Å². The number of hydrogen-bond donors (Lipinski definition) is 0. The first-order chi connectivity index (χ1) is 11.4. The van der Waals surface area contributed by atoms with E-state index in [4.69, 9.17) is 27.9 Å². The molecule has 0 aliphatic carbocycles. The summed E-state index contributed by atoms with van der Waals surface area (Å²) >= 11 is 11.9. The Labute approximate surface area is 153 Å². The number of methoxy groups -OCH3 is 1. The molecule has 0 aliphatic heterocycles. The molecule has 0 aliphatic rings. The lowest BCUT2D eigenvalue weighted by Crippen LogP contribution is -2.14. The van der Waals surface area contributed by atoms with Crippen LogP contribution in [0.15, 0.2) is 53.4 Å². The van der Waals surface area contributed by atoms with E-state index in [1.54, 1.807) is 55.6 Å². The van der Waals surface area contributed by atoms with Crippen molar-refractivity contribution in [2.75, 3.05) is 13.7 Å². The minimum atomic E-state index is -3.53. The summed E-state index contributed by atoms with van der Waals surface area (Å²) in [6, 6.07) is 13.3. The van der Waals surface area contributed by atoms with Gasteiger partial charge in [-0.3, -0.25) is 0 Å². The number of halogens is 2. The van der Waals surface area contributed by atoms with E-state index in [1.807, 2.05) is 0 Å². The molecular weight excluding hydrogens is 367 g/mol. The van der Waals surface area contributed by atoms with E-state index in [0.717, 1.165) is 12.8 Å². The third kappa shape index (κ3) is 4.96. The summed E-state index contributed by atoms with van der Waals surface area (Å²) in [5, 5.41) is 0.392. The molecule has 0 saturated heterocycles. The summed E-state index contributed by atoms with van der Waals surface area (Å²) in [5.74, 6) is 0. The molecule has 0 radical (unpaired) electrons. The summed E-state index contributed by atoms with van der Waals surface area (Å²) in [6.45, 7) is 0.614. The lowest BCUT2D eigenvalue weighted by Gasteiger charge is -2.19. The second-order valence-electron chi connectivity index (χ2n) is 5.53. The van der Waals surface area contributed by atoms with Gasteiger partial charge in [-0.1, -0.05) is 35.3 Å². The van der Waals surface area contributed by atoms with Crippen LogP contribution in [0.4, 0.5) is 0 Å². The predicted octanol–water partition coefficient (Wildman–Crippen LogP) is 5.33. The minimum Gasteiger partial charge on any atom is -0.385 e. The second kappa shape index (κ2) is 8.86. The number of rotatable bonds is 8. The van der Waals surface area contributed by atoms with Crippen molar-refractivity contribution in [1.82, 2.24) is 0 Å². The second-order valence-corrected chi connectivity index (χ2v) is 8.53. The van der Waals surface area contributed by atoms with Crippen LogP contribution in [0.25, 0.3) is 0 Å². The van der Waals surface area contributed by atoms with Gasteiger partial charge in [-0.2, -0.15) is 0 Å². The summed E-state index contributed by atoms with van der Waals surface area (Å²) in [7, 11) is -1.90. The van der Waals surface area contributed by atoms with E-state index in [0.29, 0.717) is 28.6 Å². The van der Waals surface area contributed by atoms with Gasteiger partial charge in [0.1, 0.15) is 0 Å². The molecule has 2 rings (SSSR count). The zero-order valence-electron chi connectivity index (χ0n) is 13.4. The number of unbranched alkanes of at least 4 members (excludes halogenated alkanes) is 1. The largest absolute Gasteiger partial charge is 0.385 e. The van der Waals surface area contributed by atoms with Gasteiger partial charge in [0, 0.05) is 23.8 Å². The van der Waals surface area contributed by atoms with E-state index < -0.39 is 15.1 Å². The molecular formula is C18H20Cl2O3S. The topological polar surface area (TPSA) is 43.4 Å². The highest BCUT2D eigenvalue weighted by Gasteiger charge is 2.28. The van der Waals surface area contributed by atoms with Crippen LogP contribution in [-0.2, 0) is 14.6 Å². The molecule has 0 spiro atoms. The standard InChI is InChI=1S/C18H20Cl2O3S/c1-23-12-3-2-7-18(14-5-4-6-16(20)13-14)24(21,22)17-10-8-15(19)9-11-17/h4-6,8-11,13,18H,2-3,7,12H2,1H3. The van der Waals surface area contributed by atoms with Crippen LogP contribution >= 0.6 is 23.2 Å². The Kier molecular flexibility index (Phi) is 7.11. The van der Waals surface area contributed by atoms with Gasteiger partial charge in [0.25, 0.3) is 0 Å². The van der Waals surface area contributed by atoms with E-state index in [1.165, 1.54) is 0 Å². The third-order valence-corrected chi connectivity index (χ3v) is 6.48. The van der Waals surface area contributed by atoms with E-state index in [-0.39, 0.29) is 4.90 Å². The molecule has 1 unspecified atom stereocenters. The van der Waals surface area contributed by atoms with Gasteiger partial charge in [0.2, 0.25) is 0 Å². The van der Waals surface area contributed by atoms with Crippen LogP contribution in [0.1, 0.15) is 30.1 Å². The number of benzene rings is 2. The van der Waals surface area contributed by atoms with Crippen LogP contribution < -0.4 is 0 Å². The van der Waals surface area contributed by atoms with E-state index in [2.05, 4.69) is 0 Å². The fraction of sp³-hybridized carbons (Fsp3) is 0.333. The Morgan fingerprint density at radius 1 is 1.00 bits per heavy atom. The SMILES string of the molecule is COCCCCC(c1cccc(Cl)c1)S(=O)(=O)c1ccc(Cl)cc1. The number of ether oxygens (including phenoxy) is 1. The maximum atomic E-state index is 13.1. The van der Waals surface area contributed by atoms with Gasteiger partial charge in [-0.15, -0.1) is 0 Å². The Balaban J connectivity index is 2.35. The zero-order chi connectivity index (χ0) is 17.6. The van der Waals surface area contributed by atoms with Gasteiger partial charge in [0.05, 0.1) is 10.1 Å². The molecule has 1 atom stereocenters. The highest BCUT2D eigenvalue weighted by atomic mass is 35.5. The molecule has 130 valence electrons. The van der Waals surface area contributed by atoms with Crippen molar-refractivity contribution in [2.45, 2.75) is 29.4 Å². The first-order valence-electron chi connectivity index (χ1n) is 7.69. The first-order valence-corrected chi connectivity index (χ1v) is 9.99. The summed E-state index contributed by atoms with van der Waals surface area (Å²) in [5.41, 5.74) is 0.704. The fourth-order valence-corrected chi connectivity index (χ4v) is 4.72. The van der Waals surface area contributed by atoms with Crippen molar-refractivity contribution in [1.29, 1.82) is 0 Å². The first kappa shape index (κ1) is 19.3. The van der Waals surface area contributed by atoms with Gasteiger partial charge in [-0.05, 0) is 61.2 Å². The smallest absolute Gasteiger partial charge is 0.185 e. The average Bonchev–Trinajstić information content (AvgIpc) is 2.55. The number of hydrogen-bond acceptors (Lipinski definition) is 3. The van der Waals surface area contributed by atoms with Crippen molar-refractivity contribution in [3.63, 3.8) is 0 Å². The van der Waals surface area contributed by atoms with Gasteiger partial charge in [-0.25, -0.2) is 8.42 Å². The summed E-state index contributed by atoms with van der Waals surface area (Å²) < 4.78 is 31.3. The average molecular weight is 387 g/mol. The van der Waals surface area contributed by atoms with Crippen molar-refractivity contribution in [3.05, 3.63) is 64.1 Å². The lowest BCUT2D eigenvalue weighted by atomic mass is 10.1. The van der Waals surface area contributed by atoms with Gasteiger partial charge < -0.3 is 4.74 Å². The minimum absolute atomic E-state index is 0.267. The molecule has 6 heteroatoms. The molecule has 3 nitrogen and oxygen atoms in total. The van der Waals surface area contributed by atoms with Crippen LogP contribution in [0.2, 0.25) is 10.0 Å². The highest BCUT2D eigenvalue weighted by Crippen LogP contribution is 2.34. The molecule has 0 saturated carbocycles. The van der Waals surface area contributed by atoms with Crippen molar-refractivity contribution in [3.8, 4) is 0 Å². The molecule has 0 amide bonds. The summed E-state index contributed by atoms with van der Waals surface area (Å²) in [4.78, 5) is 0.267. The zero-order valence-corrected chi connectivity index (χ0v) is 15.7. The number of sulfone groups is 1. The van der Waals surface area contributed by atoms with Crippen LogP contribution in [0.3, 0.4) is 0 Å². The molecule has 24 heavy (non-hydrogen) atoms. The normalized spacial score (nSPS) is 13.0. The predicted molar refractivity (Wildman–Crippen MR) is 98.6 cm³/mol. The van der Waals surface area contributed by atoms with Crippen LogP contribution in [0, 0.1) is 0 Å². The fourth-order valence-electron chi connectivity index (χ4n) is 2.57. The molecule has 0 heterocycles. The Morgan fingerprint density at radius 2 is 1.71 bits per heavy atom. The third-order valence-electron chi connectivity index (χ3n) is 3.80.